The van der Waals surface area contributed by atoms with E-state index in [9.17, 15) is 0 Å². The monoisotopic (exact) mass is 264 g/mol. The Morgan fingerprint density at radius 3 is 2.42 bits per heavy atom. The number of hydrogen-bond donors (Lipinski definition) is 2. The van der Waals surface area contributed by atoms with Gasteiger partial charge in [-0.1, -0.05) is 0 Å². The molecule has 1 aromatic rings. The Bertz CT molecular complexity index is 468. The van der Waals surface area contributed by atoms with Crippen LogP contribution in [0.4, 0.5) is 0 Å². The van der Waals surface area contributed by atoms with Crippen molar-refractivity contribution in [3.63, 3.8) is 0 Å². The smallest absolute Gasteiger partial charge is 0.126 e. The van der Waals surface area contributed by atoms with Crippen LogP contribution in [-0.2, 0) is 6.54 Å². The van der Waals surface area contributed by atoms with Crippen molar-refractivity contribution >= 4 is 0 Å². The Labute approximate surface area is 115 Å². The molecule has 0 amide bonds. The van der Waals surface area contributed by atoms with Gasteiger partial charge in [0.2, 0.25) is 0 Å². The third-order valence-electron chi connectivity index (χ3n) is 3.98. The molecule has 106 valence electrons. The summed E-state index contributed by atoms with van der Waals surface area (Å²) in [5, 5.41) is 3.42. The largest absolute Gasteiger partial charge is 0.496 e. The molecule has 0 aromatic heterocycles. The number of nitrogens with two attached hydrogens (primary N) is 1. The van der Waals surface area contributed by atoms with Gasteiger partial charge in [-0.25, -0.2) is 0 Å². The molecule has 19 heavy (non-hydrogen) atoms. The molecule has 0 aliphatic heterocycles. The van der Waals surface area contributed by atoms with Gasteiger partial charge in [0.25, 0.3) is 0 Å². The van der Waals surface area contributed by atoms with Crippen molar-refractivity contribution in [2.45, 2.75) is 38.8 Å². The van der Waals surface area contributed by atoms with Gasteiger partial charge < -0.3 is 20.5 Å². The highest BCUT2D eigenvalue weighted by molar-refractivity contribution is 5.52. The molecule has 4 heteroatoms. The summed E-state index contributed by atoms with van der Waals surface area (Å²) in [6.07, 6.45) is 2.24. The molecule has 2 rings (SSSR count). The van der Waals surface area contributed by atoms with Gasteiger partial charge in [0.1, 0.15) is 11.5 Å². The van der Waals surface area contributed by atoms with Gasteiger partial charge >= 0.3 is 0 Å². The molecule has 0 heterocycles. The minimum absolute atomic E-state index is 0.0249. The summed E-state index contributed by atoms with van der Waals surface area (Å²) in [7, 11) is 3.41. The standard InChI is InChI=1S/C15H24N2O2/c1-10-11(2)14(19-4)12(7-13(10)18-3)8-17-9-15(16)5-6-15/h7,17H,5-6,8-9,16H2,1-4H3. The Kier molecular flexibility index (Phi) is 4.02. The number of nitrogens with one attached hydrogen (secondary N) is 1. The molecule has 3 N–H and O–H groups in total. The van der Waals surface area contributed by atoms with E-state index >= 15 is 0 Å². The zero-order chi connectivity index (χ0) is 14.0. The van der Waals surface area contributed by atoms with Gasteiger partial charge in [-0.15, -0.1) is 0 Å². The fraction of sp³-hybridized carbons (Fsp3) is 0.600. The summed E-state index contributed by atoms with van der Waals surface area (Å²) in [4.78, 5) is 0. The van der Waals surface area contributed by atoms with E-state index in [1.54, 1.807) is 14.2 Å². The molecule has 1 fully saturated rings. The van der Waals surface area contributed by atoms with Crippen LogP contribution in [0, 0.1) is 13.8 Å². The molecular formula is C15H24N2O2. The Hall–Kier alpha value is -1.26. The van der Waals surface area contributed by atoms with E-state index in [0.29, 0.717) is 0 Å². The van der Waals surface area contributed by atoms with Crippen LogP contribution in [0.2, 0.25) is 0 Å². The van der Waals surface area contributed by atoms with E-state index in [-0.39, 0.29) is 5.54 Å². The highest BCUT2D eigenvalue weighted by Gasteiger charge is 2.37. The first kappa shape index (κ1) is 14.2. The predicted molar refractivity (Wildman–Crippen MR) is 76.9 cm³/mol. The molecule has 1 aromatic carbocycles. The zero-order valence-electron chi connectivity index (χ0n) is 12.3. The average Bonchev–Trinajstić information content (AvgIpc) is 3.12. The highest BCUT2D eigenvalue weighted by Crippen LogP contribution is 2.34. The lowest BCUT2D eigenvalue weighted by Crippen LogP contribution is -2.35. The maximum Gasteiger partial charge on any atom is 0.126 e. The molecule has 0 atom stereocenters. The van der Waals surface area contributed by atoms with Crippen molar-refractivity contribution in [1.82, 2.24) is 5.32 Å². The maximum atomic E-state index is 6.07. The number of hydrogen-bond acceptors (Lipinski definition) is 4. The van der Waals surface area contributed by atoms with E-state index in [4.69, 9.17) is 15.2 Å². The summed E-state index contributed by atoms with van der Waals surface area (Å²) < 4.78 is 10.9. The zero-order valence-corrected chi connectivity index (χ0v) is 12.3. The van der Waals surface area contributed by atoms with Crippen LogP contribution in [0.1, 0.15) is 29.5 Å². The van der Waals surface area contributed by atoms with Crippen molar-refractivity contribution in [3.8, 4) is 11.5 Å². The van der Waals surface area contributed by atoms with Gasteiger partial charge in [0.15, 0.2) is 0 Å². The van der Waals surface area contributed by atoms with Crippen LogP contribution in [0.3, 0.4) is 0 Å². The topological polar surface area (TPSA) is 56.5 Å². The third-order valence-corrected chi connectivity index (χ3v) is 3.98. The van der Waals surface area contributed by atoms with Crippen LogP contribution in [-0.4, -0.2) is 26.3 Å². The maximum absolute atomic E-state index is 6.07. The minimum Gasteiger partial charge on any atom is -0.496 e. The summed E-state index contributed by atoms with van der Waals surface area (Å²) >= 11 is 0. The van der Waals surface area contributed by atoms with Crippen molar-refractivity contribution < 1.29 is 9.47 Å². The summed E-state index contributed by atoms with van der Waals surface area (Å²) in [5.41, 5.74) is 9.47. The number of methoxy groups -OCH3 is 2. The second-order valence-electron chi connectivity index (χ2n) is 5.49. The van der Waals surface area contributed by atoms with Crippen molar-refractivity contribution in [3.05, 3.63) is 22.8 Å². The second kappa shape index (κ2) is 5.39. The van der Waals surface area contributed by atoms with Crippen LogP contribution in [0.15, 0.2) is 6.07 Å². The first-order valence-corrected chi connectivity index (χ1v) is 6.71. The van der Waals surface area contributed by atoms with Crippen molar-refractivity contribution in [1.29, 1.82) is 0 Å². The fourth-order valence-corrected chi connectivity index (χ4v) is 2.34. The summed E-state index contributed by atoms with van der Waals surface area (Å²) in [5.74, 6) is 1.84. The van der Waals surface area contributed by atoms with Crippen LogP contribution >= 0.6 is 0 Å². The molecule has 0 radical (unpaired) electrons. The Morgan fingerprint density at radius 1 is 1.21 bits per heavy atom. The van der Waals surface area contributed by atoms with Crippen LogP contribution in [0.25, 0.3) is 0 Å². The molecule has 1 aliphatic rings. The predicted octanol–water partition coefficient (Wildman–Crippen LogP) is 1.90. The first-order valence-electron chi connectivity index (χ1n) is 6.71. The van der Waals surface area contributed by atoms with Crippen molar-refractivity contribution in [2.24, 2.45) is 5.73 Å². The SMILES string of the molecule is COc1cc(CNCC2(N)CC2)c(OC)c(C)c1C. The van der Waals surface area contributed by atoms with E-state index in [1.807, 2.05) is 13.0 Å². The van der Waals surface area contributed by atoms with E-state index < -0.39 is 0 Å². The molecule has 0 spiro atoms. The fourth-order valence-electron chi connectivity index (χ4n) is 2.34. The van der Waals surface area contributed by atoms with Gasteiger partial charge in [0.05, 0.1) is 14.2 Å². The normalized spacial score (nSPS) is 16.3. The summed E-state index contributed by atoms with van der Waals surface area (Å²) in [6, 6.07) is 2.05. The van der Waals surface area contributed by atoms with E-state index in [2.05, 4.69) is 12.2 Å². The molecule has 0 unspecified atom stereocenters. The van der Waals surface area contributed by atoms with Crippen molar-refractivity contribution in [2.75, 3.05) is 20.8 Å². The quantitative estimate of drug-likeness (QED) is 0.824. The van der Waals surface area contributed by atoms with Gasteiger partial charge in [-0.2, -0.15) is 0 Å². The molecular weight excluding hydrogens is 240 g/mol. The number of rotatable bonds is 6. The van der Waals surface area contributed by atoms with Gasteiger partial charge in [-0.05, 0) is 43.9 Å². The number of benzene rings is 1. The molecule has 1 aliphatic carbocycles. The van der Waals surface area contributed by atoms with E-state index in [1.165, 1.54) is 0 Å². The lowest BCUT2D eigenvalue weighted by molar-refractivity contribution is 0.391. The van der Waals surface area contributed by atoms with Crippen LogP contribution < -0.4 is 20.5 Å². The minimum atomic E-state index is 0.0249. The number of ether oxygens (including phenoxy) is 2. The van der Waals surface area contributed by atoms with Gasteiger partial charge in [0, 0.05) is 24.2 Å². The molecule has 1 saturated carbocycles. The first-order chi connectivity index (χ1) is 9.00. The second-order valence-corrected chi connectivity index (χ2v) is 5.49. The Balaban J connectivity index is 2.15. The summed E-state index contributed by atoms with van der Waals surface area (Å²) in [6.45, 7) is 5.71. The van der Waals surface area contributed by atoms with Crippen LogP contribution in [0.5, 0.6) is 11.5 Å². The highest BCUT2D eigenvalue weighted by atomic mass is 16.5. The Morgan fingerprint density at radius 2 is 1.89 bits per heavy atom. The average molecular weight is 264 g/mol. The lowest BCUT2D eigenvalue weighted by atomic mass is 10.0. The lowest BCUT2D eigenvalue weighted by Gasteiger charge is -2.18. The van der Waals surface area contributed by atoms with E-state index in [0.717, 1.165) is 54.1 Å². The van der Waals surface area contributed by atoms with Gasteiger partial charge in [-0.3, -0.25) is 0 Å². The third kappa shape index (κ3) is 3.01. The molecule has 4 nitrogen and oxygen atoms in total. The molecule has 0 bridgehead atoms. The molecule has 0 saturated heterocycles.